The summed E-state index contributed by atoms with van der Waals surface area (Å²) in [6, 6.07) is 19.0. The highest BCUT2D eigenvalue weighted by atomic mass is 32.1. The second-order valence-corrected chi connectivity index (χ2v) is 8.60. The van der Waals surface area contributed by atoms with Gasteiger partial charge < -0.3 is 10.6 Å². The van der Waals surface area contributed by atoms with Gasteiger partial charge in [0.05, 0.1) is 0 Å². The molecule has 6 nitrogen and oxygen atoms in total. The number of pyridine rings is 1. The smallest absolute Gasteiger partial charge is 0.332 e. The maximum atomic E-state index is 13.6. The molecule has 3 aromatic heterocycles. The number of alkyl halides is 3. The van der Waals surface area contributed by atoms with Crippen molar-refractivity contribution in [1.29, 1.82) is 0 Å². The number of aromatic nitrogens is 3. The van der Waals surface area contributed by atoms with E-state index in [0.29, 0.717) is 16.4 Å². The van der Waals surface area contributed by atoms with Gasteiger partial charge in [-0.25, -0.2) is 9.97 Å². The van der Waals surface area contributed by atoms with Crippen LogP contribution in [0.2, 0.25) is 0 Å². The molecule has 176 valence electrons. The van der Waals surface area contributed by atoms with Crippen LogP contribution < -0.4 is 10.6 Å². The van der Waals surface area contributed by atoms with Gasteiger partial charge in [0, 0.05) is 28.5 Å². The summed E-state index contributed by atoms with van der Waals surface area (Å²) in [7, 11) is 0. The number of aryl methyl sites for hydroxylation is 1. The van der Waals surface area contributed by atoms with Gasteiger partial charge in [0.15, 0.2) is 10.8 Å². The normalized spacial score (nSPS) is 11.5. The topological polar surface area (TPSA) is 71.3 Å². The fraction of sp³-hybridized carbons (Fsp3) is 0.0800. The molecule has 5 rings (SSSR count). The number of nitrogens with one attached hydrogen (secondary N) is 2. The Kier molecular flexibility index (Phi) is 5.73. The molecule has 2 aromatic carbocycles. The molecule has 0 spiro atoms. The molecule has 1 amide bonds. The Morgan fingerprint density at radius 1 is 0.971 bits per heavy atom. The molecule has 3 heterocycles. The van der Waals surface area contributed by atoms with E-state index >= 15 is 0 Å². The lowest BCUT2D eigenvalue weighted by Gasteiger charge is -2.09. The lowest BCUT2D eigenvalue weighted by atomic mass is 10.1. The van der Waals surface area contributed by atoms with E-state index in [1.807, 2.05) is 31.2 Å². The van der Waals surface area contributed by atoms with E-state index in [2.05, 4.69) is 20.6 Å². The van der Waals surface area contributed by atoms with E-state index in [1.54, 1.807) is 41.8 Å². The minimum Gasteiger partial charge on any atom is -0.332 e. The van der Waals surface area contributed by atoms with E-state index in [9.17, 15) is 18.0 Å². The molecule has 0 radical (unpaired) electrons. The quantitative estimate of drug-likeness (QED) is 0.283. The van der Waals surface area contributed by atoms with Crippen LogP contribution in [0.3, 0.4) is 0 Å². The molecule has 0 aliphatic heterocycles. The van der Waals surface area contributed by atoms with Gasteiger partial charge in [0.2, 0.25) is 0 Å². The standard InChI is InChI=1S/C25H18F3N5OS/c1-15-6-2-3-7-18(15)30-23(34)16-9-11-17(12-10-16)29-24-31-19(14-35-24)21-22(25(26,27)28)32-20-8-4-5-13-33(20)21/h2-14H,1H3,(H,29,31)(H,30,34). The number of fused-ring (bicyclic) bond motifs is 1. The Morgan fingerprint density at radius 2 is 1.71 bits per heavy atom. The Bertz CT molecular complexity index is 1520. The molecule has 0 saturated heterocycles. The van der Waals surface area contributed by atoms with Gasteiger partial charge in [-0.05, 0) is 55.0 Å². The molecule has 10 heteroatoms. The van der Waals surface area contributed by atoms with E-state index in [1.165, 1.54) is 28.0 Å². The number of nitrogens with zero attached hydrogens (tertiary/aromatic N) is 3. The minimum absolute atomic E-state index is 0.111. The number of imidazole rings is 1. The zero-order chi connectivity index (χ0) is 24.6. The van der Waals surface area contributed by atoms with Crippen LogP contribution in [0.1, 0.15) is 21.6 Å². The number of carbonyl (C=O) groups is 1. The van der Waals surface area contributed by atoms with Crippen LogP contribution in [0, 0.1) is 6.92 Å². The fourth-order valence-corrected chi connectivity index (χ4v) is 4.33. The average molecular weight is 494 g/mol. The molecule has 0 aliphatic carbocycles. The van der Waals surface area contributed by atoms with Crippen molar-refractivity contribution in [2.45, 2.75) is 13.1 Å². The predicted molar refractivity (Wildman–Crippen MR) is 130 cm³/mol. The van der Waals surface area contributed by atoms with Gasteiger partial charge in [0.1, 0.15) is 17.0 Å². The lowest BCUT2D eigenvalue weighted by Crippen LogP contribution is -2.12. The molecule has 0 aliphatic rings. The number of carbonyl (C=O) groups excluding carboxylic acids is 1. The number of amides is 1. The van der Waals surface area contributed by atoms with E-state index < -0.39 is 11.9 Å². The number of thiazole rings is 1. The summed E-state index contributed by atoms with van der Waals surface area (Å²) in [4.78, 5) is 20.7. The van der Waals surface area contributed by atoms with Crippen molar-refractivity contribution >= 4 is 39.4 Å². The molecule has 35 heavy (non-hydrogen) atoms. The van der Waals surface area contributed by atoms with Crippen molar-refractivity contribution in [3.63, 3.8) is 0 Å². The summed E-state index contributed by atoms with van der Waals surface area (Å²) >= 11 is 1.17. The first-order valence-corrected chi connectivity index (χ1v) is 11.4. The maximum absolute atomic E-state index is 13.6. The third-order valence-electron chi connectivity index (χ3n) is 5.34. The van der Waals surface area contributed by atoms with Crippen molar-refractivity contribution in [3.8, 4) is 11.4 Å². The summed E-state index contributed by atoms with van der Waals surface area (Å²) < 4.78 is 42.3. The highest BCUT2D eigenvalue weighted by Crippen LogP contribution is 2.38. The average Bonchev–Trinajstić information content (AvgIpc) is 3.45. The van der Waals surface area contributed by atoms with E-state index in [0.717, 1.165) is 11.3 Å². The lowest BCUT2D eigenvalue weighted by molar-refractivity contribution is -0.140. The number of halogens is 3. The van der Waals surface area contributed by atoms with Crippen LogP contribution >= 0.6 is 11.3 Å². The molecular weight excluding hydrogens is 475 g/mol. The summed E-state index contributed by atoms with van der Waals surface area (Å²) in [5.41, 5.74) is 2.07. The molecule has 0 unspecified atom stereocenters. The Morgan fingerprint density at radius 3 is 2.46 bits per heavy atom. The number of para-hydroxylation sites is 1. The van der Waals surface area contributed by atoms with Crippen LogP contribution in [-0.2, 0) is 6.18 Å². The summed E-state index contributed by atoms with van der Waals surface area (Å²) in [5, 5.41) is 7.93. The molecule has 5 aromatic rings. The van der Waals surface area contributed by atoms with Crippen LogP contribution in [-0.4, -0.2) is 20.3 Å². The molecule has 0 saturated carbocycles. The van der Waals surface area contributed by atoms with Gasteiger partial charge in [-0.15, -0.1) is 11.3 Å². The number of rotatable bonds is 5. The number of benzene rings is 2. The predicted octanol–water partition coefficient (Wildman–Crippen LogP) is 6.78. The number of hydrogen-bond acceptors (Lipinski definition) is 5. The maximum Gasteiger partial charge on any atom is 0.435 e. The molecule has 0 bridgehead atoms. The summed E-state index contributed by atoms with van der Waals surface area (Å²) in [5.74, 6) is -0.241. The van der Waals surface area contributed by atoms with E-state index in [-0.39, 0.29) is 22.9 Å². The van der Waals surface area contributed by atoms with Gasteiger partial charge in [0.25, 0.3) is 5.91 Å². The number of hydrogen-bond donors (Lipinski definition) is 2. The Balaban J connectivity index is 1.36. The summed E-state index contributed by atoms with van der Waals surface area (Å²) in [6.45, 7) is 1.91. The van der Waals surface area contributed by atoms with Gasteiger partial charge in [-0.3, -0.25) is 9.20 Å². The highest BCUT2D eigenvalue weighted by molar-refractivity contribution is 7.14. The third-order valence-corrected chi connectivity index (χ3v) is 6.09. The zero-order valence-corrected chi connectivity index (χ0v) is 19.1. The third kappa shape index (κ3) is 4.60. The first kappa shape index (κ1) is 22.6. The first-order chi connectivity index (χ1) is 16.8. The van der Waals surface area contributed by atoms with Crippen molar-refractivity contribution in [3.05, 3.63) is 95.1 Å². The second kappa shape index (κ2) is 8.88. The molecule has 2 N–H and O–H groups in total. The first-order valence-electron chi connectivity index (χ1n) is 10.5. The molecule has 0 fully saturated rings. The molecule has 0 atom stereocenters. The SMILES string of the molecule is Cc1ccccc1NC(=O)c1ccc(Nc2nc(-c3c(C(F)(F)F)nc4ccccn34)cs2)cc1. The van der Waals surface area contributed by atoms with Gasteiger partial charge >= 0.3 is 6.18 Å². The second-order valence-electron chi connectivity index (χ2n) is 7.74. The summed E-state index contributed by atoms with van der Waals surface area (Å²) in [6.07, 6.45) is -3.09. The number of anilines is 3. The van der Waals surface area contributed by atoms with Crippen molar-refractivity contribution in [1.82, 2.24) is 14.4 Å². The zero-order valence-electron chi connectivity index (χ0n) is 18.3. The Hall–Kier alpha value is -4.18. The molecular formula is C25H18F3N5OS. The van der Waals surface area contributed by atoms with Crippen LogP contribution in [0.5, 0.6) is 0 Å². The Labute approximate surface area is 202 Å². The van der Waals surface area contributed by atoms with Crippen LogP contribution in [0.25, 0.3) is 17.0 Å². The van der Waals surface area contributed by atoms with Crippen LogP contribution in [0.15, 0.2) is 78.3 Å². The largest absolute Gasteiger partial charge is 0.435 e. The van der Waals surface area contributed by atoms with Crippen molar-refractivity contribution in [2.24, 2.45) is 0 Å². The fourth-order valence-electron chi connectivity index (χ4n) is 3.61. The van der Waals surface area contributed by atoms with Crippen molar-refractivity contribution in [2.75, 3.05) is 10.6 Å². The van der Waals surface area contributed by atoms with Gasteiger partial charge in [-0.2, -0.15) is 13.2 Å². The monoisotopic (exact) mass is 493 g/mol. The minimum atomic E-state index is -4.62. The van der Waals surface area contributed by atoms with E-state index in [4.69, 9.17) is 0 Å². The van der Waals surface area contributed by atoms with Crippen molar-refractivity contribution < 1.29 is 18.0 Å². The highest BCUT2D eigenvalue weighted by Gasteiger charge is 2.39. The van der Waals surface area contributed by atoms with Crippen LogP contribution in [0.4, 0.5) is 29.7 Å². The van der Waals surface area contributed by atoms with Gasteiger partial charge in [-0.1, -0.05) is 24.3 Å².